The number of nitrogens with zero attached hydrogens (tertiary/aromatic N) is 2. The van der Waals surface area contributed by atoms with Crippen LogP contribution >= 0.6 is 0 Å². The van der Waals surface area contributed by atoms with E-state index >= 15 is 0 Å². The lowest BCUT2D eigenvalue weighted by Gasteiger charge is -2.25. The predicted molar refractivity (Wildman–Crippen MR) is 179 cm³/mol. The monoisotopic (exact) mass is 623 g/mol. The van der Waals surface area contributed by atoms with Gasteiger partial charge in [0.15, 0.2) is 0 Å². The Kier molecular flexibility index (Phi) is 14.7. The number of hydrogen-bond acceptors (Lipinski definition) is 7. The molecule has 2 aliphatic heterocycles. The van der Waals surface area contributed by atoms with Crippen molar-refractivity contribution >= 4 is 17.5 Å². The molecule has 0 aromatic heterocycles. The Morgan fingerprint density at radius 1 is 1.04 bits per heavy atom. The third-order valence-corrected chi connectivity index (χ3v) is 8.15. The molecule has 2 aromatic carbocycles. The summed E-state index contributed by atoms with van der Waals surface area (Å²) in [6.07, 6.45) is 10.4. The molecule has 248 valence electrons. The Bertz CT molecular complexity index is 1280. The van der Waals surface area contributed by atoms with Gasteiger partial charge in [0.25, 0.3) is 5.91 Å². The van der Waals surface area contributed by atoms with Crippen molar-refractivity contribution in [3.63, 3.8) is 0 Å². The Morgan fingerprint density at radius 3 is 2.42 bits per heavy atom. The molecular weight excluding hydrogens is 570 g/mol. The summed E-state index contributed by atoms with van der Waals surface area (Å²) in [5.74, 6) is -0.380. The third-order valence-electron chi connectivity index (χ3n) is 8.15. The lowest BCUT2D eigenvalue weighted by Crippen LogP contribution is -2.36. The van der Waals surface area contributed by atoms with Crippen LogP contribution in [0, 0.1) is 12.8 Å². The molecule has 1 saturated carbocycles. The molecule has 3 aliphatic rings. The minimum absolute atomic E-state index is 0.0653. The first-order valence-electron chi connectivity index (χ1n) is 16.7. The third kappa shape index (κ3) is 9.96. The van der Waals surface area contributed by atoms with Gasteiger partial charge in [-0.05, 0) is 37.3 Å². The first-order chi connectivity index (χ1) is 21.8. The van der Waals surface area contributed by atoms with Crippen molar-refractivity contribution in [2.75, 3.05) is 44.8 Å². The van der Waals surface area contributed by atoms with Crippen LogP contribution in [-0.2, 0) is 22.6 Å². The fraction of sp³-hybridized carbons (Fsp3) is 0.556. The molecule has 0 bridgehead atoms. The number of aromatic hydroxyl groups is 2. The standard InChI is InChI=1S/C31H39N3O6.C3H8.C2H6/c1-21-26(35)17-27(36)29(30(21)40-20-22-7-3-2-4-8-22)31(38)34-18-23-9-5-10-25(24(23)19-34)32-28(37)11-6-12-33-13-15-39-16-14-33;1-3-2;1-2/h5-6,9-11,17,22,35-36H,2-4,7-8,12-16,18-20H2,1H3,(H,32,37);3H2,1-2H3;1-2H3/b11-6+;;. The molecule has 0 radical (unpaired) electrons. The number of carbonyl (C=O) groups is 2. The van der Waals surface area contributed by atoms with Crippen LogP contribution in [0.5, 0.6) is 17.2 Å². The van der Waals surface area contributed by atoms with E-state index < -0.39 is 0 Å². The molecule has 1 aliphatic carbocycles. The fourth-order valence-electron chi connectivity index (χ4n) is 5.78. The zero-order chi connectivity index (χ0) is 32.8. The number of anilines is 1. The summed E-state index contributed by atoms with van der Waals surface area (Å²) < 4.78 is 11.5. The summed E-state index contributed by atoms with van der Waals surface area (Å²) in [6.45, 7) is 14.8. The number of phenols is 2. The predicted octanol–water partition coefficient (Wildman–Crippen LogP) is 6.79. The highest BCUT2D eigenvalue weighted by Crippen LogP contribution is 2.41. The Morgan fingerprint density at radius 2 is 1.73 bits per heavy atom. The number of hydrogen-bond donors (Lipinski definition) is 3. The fourth-order valence-corrected chi connectivity index (χ4v) is 5.78. The van der Waals surface area contributed by atoms with Crippen LogP contribution in [0.25, 0.3) is 0 Å². The van der Waals surface area contributed by atoms with Gasteiger partial charge in [-0.15, -0.1) is 0 Å². The topological polar surface area (TPSA) is 112 Å². The normalized spacial score (nSPS) is 16.7. The molecule has 0 atom stereocenters. The van der Waals surface area contributed by atoms with Gasteiger partial charge in [0, 0.05) is 61.7 Å². The Balaban J connectivity index is 0.00000104. The number of rotatable bonds is 8. The Hall–Kier alpha value is -3.56. The summed E-state index contributed by atoms with van der Waals surface area (Å²) in [5, 5.41) is 24.1. The highest BCUT2D eigenvalue weighted by molar-refractivity contribution is 6.02. The van der Waals surface area contributed by atoms with E-state index in [0.29, 0.717) is 50.1 Å². The largest absolute Gasteiger partial charge is 0.507 e. The number of fused-ring (bicyclic) bond motifs is 1. The maximum Gasteiger partial charge on any atom is 0.262 e. The lowest BCUT2D eigenvalue weighted by molar-refractivity contribution is -0.111. The van der Waals surface area contributed by atoms with E-state index in [0.717, 1.165) is 37.1 Å². The van der Waals surface area contributed by atoms with Crippen molar-refractivity contribution < 1.29 is 29.3 Å². The molecule has 5 rings (SSSR count). The first kappa shape index (κ1) is 35.9. The van der Waals surface area contributed by atoms with E-state index in [4.69, 9.17) is 9.47 Å². The van der Waals surface area contributed by atoms with Crippen LogP contribution in [0.15, 0.2) is 36.4 Å². The van der Waals surface area contributed by atoms with Gasteiger partial charge in [-0.25, -0.2) is 0 Å². The van der Waals surface area contributed by atoms with Crippen LogP contribution in [-0.4, -0.2) is 71.3 Å². The molecular formula is C36H53N3O6. The molecule has 2 aromatic rings. The molecule has 0 unspecified atom stereocenters. The molecule has 0 spiro atoms. The summed E-state index contributed by atoms with van der Waals surface area (Å²) >= 11 is 0. The van der Waals surface area contributed by atoms with Gasteiger partial charge in [0.1, 0.15) is 22.8 Å². The maximum absolute atomic E-state index is 13.8. The van der Waals surface area contributed by atoms with Crippen molar-refractivity contribution in [2.45, 2.75) is 86.2 Å². The molecule has 2 heterocycles. The SMILES string of the molecule is CC.CCC.Cc1c(O)cc(O)c(C(=O)N2Cc3cccc(NC(=O)/C=C/CN4CCOCC4)c3C2)c1OCC1CCCCC1. The van der Waals surface area contributed by atoms with Gasteiger partial charge >= 0.3 is 0 Å². The number of phenolic OH excluding ortho intramolecular Hbond substituents is 2. The van der Waals surface area contributed by atoms with E-state index in [1.807, 2.05) is 38.1 Å². The number of nitrogens with one attached hydrogen (secondary N) is 1. The number of morpholine rings is 1. The number of ether oxygens (including phenoxy) is 2. The average molecular weight is 624 g/mol. The van der Waals surface area contributed by atoms with Crippen molar-refractivity contribution in [1.29, 1.82) is 0 Å². The van der Waals surface area contributed by atoms with Gasteiger partial charge < -0.3 is 29.9 Å². The average Bonchev–Trinajstić information content (AvgIpc) is 3.50. The van der Waals surface area contributed by atoms with Gasteiger partial charge in [0.2, 0.25) is 5.91 Å². The van der Waals surface area contributed by atoms with Crippen molar-refractivity contribution in [1.82, 2.24) is 9.80 Å². The maximum atomic E-state index is 13.8. The van der Waals surface area contributed by atoms with Crippen molar-refractivity contribution in [3.8, 4) is 17.2 Å². The van der Waals surface area contributed by atoms with E-state index in [1.54, 1.807) is 17.9 Å². The second-order valence-electron chi connectivity index (χ2n) is 11.7. The first-order valence-corrected chi connectivity index (χ1v) is 16.7. The van der Waals surface area contributed by atoms with E-state index in [1.165, 1.54) is 31.7 Å². The molecule has 9 nitrogen and oxygen atoms in total. The number of amides is 2. The van der Waals surface area contributed by atoms with E-state index in [-0.39, 0.29) is 41.2 Å². The van der Waals surface area contributed by atoms with Gasteiger partial charge in [-0.2, -0.15) is 0 Å². The summed E-state index contributed by atoms with van der Waals surface area (Å²) in [5.41, 5.74) is 2.96. The summed E-state index contributed by atoms with van der Waals surface area (Å²) in [7, 11) is 0. The molecule has 2 fully saturated rings. The summed E-state index contributed by atoms with van der Waals surface area (Å²) in [6, 6.07) is 6.84. The molecule has 9 heteroatoms. The summed E-state index contributed by atoms with van der Waals surface area (Å²) in [4.78, 5) is 30.3. The van der Waals surface area contributed by atoms with Crippen LogP contribution in [0.1, 0.15) is 93.3 Å². The number of carbonyl (C=O) groups excluding carboxylic acids is 2. The molecule has 2 amide bonds. The van der Waals surface area contributed by atoms with Gasteiger partial charge in [-0.1, -0.05) is 71.6 Å². The highest BCUT2D eigenvalue weighted by atomic mass is 16.5. The van der Waals surface area contributed by atoms with Crippen LogP contribution in [0.3, 0.4) is 0 Å². The quantitative estimate of drug-likeness (QED) is 0.278. The molecule has 1 saturated heterocycles. The second kappa shape index (κ2) is 18.4. The van der Waals surface area contributed by atoms with Crippen LogP contribution < -0.4 is 10.1 Å². The van der Waals surface area contributed by atoms with Crippen molar-refractivity contribution in [3.05, 3.63) is 58.7 Å². The minimum atomic E-state index is -0.377. The second-order valence-corrected chi connectivity index (χ2v) is 11.7. The number of benzene rings is 2. The van der Waals surface area contributed by atoms with Crippen molar-refractivity contribution in [2.24, 2.45) is 5.92 Å². The van der Waals surface area contributed by atoms with Gasteiger partial charge in [0.05, 0.1) is 19.8 Å². The lowest BCUT2D eigenvalue weighted by atomic mass is 9.90. The minimum Gasteiger partial charge on any atom is -0.507 e. The van der Waals surface area contributed by atoms with E-state index in [2.05, 4.69) is 24.1 Å². The molecule has 3 N–H and O–H groups in total. The zero-order valence-corrected chi connectivity index (χ0v) is 27.9. The van der Waals surface area contributed by atoms with Crippen LogP contribution in [0.2, 0.25) is 0 Å². The zero-order valence-electron chi connectivity index (χ0n) is 27.9. The molecule has 45 heavy (non-hydrogen) atoms. The highest BCUT2D eigenvalue weighted by Gasteiger charge is 2.32. The smallest absolute Gasteiger partial charge is 0.262 e. The van der Waals surface area contributed by atoms with Gasteiger partial charge in [-0.3, -0.25) is 14.5 Å². The van der Waals surface area contributed by atoms with Crippen LogP contribution in [0.4, 0.5) is 5.69 Å². The Labute approximate surface area is 269 Å². The van der Waals surface area contributed by atoms with E-state index in [9.17, 15) is 19.8 Å².